The maximum absolute atomic E-state index is 11.5. The van der Waals surface area contributed by atoms with Crippen molar-refractivity contribution in [3.05, 3.63) is 29.8 Å². The molecule has 27 heavy (non-hydrogen) atoms. The number of aryl methyl sites for hydroxylation is 1. The third-order valence-corrected chi connectivity index (χ3v) is 5.06. The lowest BCUT2D eigenvalue weighted by Gasteiger charge is -2.09. The molecular weight excluding hydrogens is 336 g/mol. The number of hydrogen-bond acceptors (Lipinski definition) is 3. The van der Waals surface area contributed by atoms with E-state index in [0.29, 0.717) is 6.61 Å². The van der Waals surface area contributed by atoms with Crippen LogP contribution in [0.2, 0.25) is 0 Å². The molecular formula is C24H40O3. The summed E-state index contributed by atoms with van der Waals surface area (Å²) in [6.45, 7) is 7.54. The van der Waals surface area contributed by atoms with Crippen LogP contribution in [-0.4, -0.2) is 19.2 Å². The van der Waals surface area contributed by atoms with Crippen molar-refractivity contribution in [1.29, 1.82) is 0 Å². The van der Waals surface area contributed by atoms with Crippen molar-refractivity contribution in [2.45, 2.75) is 91.4 Å². The molecule has 0 aliphatic carbocycles. The number of esters is 1. The molecule has 0 saturated heterocycles. The molecule has 0 bridgehead atoms. The van der Waals surface area contributed by atoms with Crippen LogP contribution in [0.5, 0.6) is 5.75 Å². The normalized spacial score (nSPS) is 12.0. The molecule has 0 heterocycles. The van der Waals surface area contributed by atoms with E-state index in [-0.39, 0.29) is 11.9 Å². The highest BCUT2D eigenvalue weighted by atomic mass is 16.5. The molecule has 1 aromatic rings. The quantitative estimate of drug-likeness (QED) is 0.237. The van der Waals surface area contributed by atoms with E-state index in [9.17, 15) is 4.79 Å². The molecule has 3 heteroatoms. The van der Waals surface area contributed by atoms with Crippen molar-refractivity contribution in [1.82, 2.24) is 0 Å². The number of carbonyl (C=O) groups is 1. The van der Waals surface area contributed by atoms with Crippen molar-refractivity contribution in [2.24, 2.45) is 5.92 Å². The first-order chi connectivity index (χ1) is 13.2. The zero-order valence-corrected chi connectivity index (χ0v) is 17.8. The van der Waals surface area contributed by atoms with Gasteiger partial charge in [-0.2, -0.15) is 0 Å². The SMILES string of the molecule is CCCCCc1ccc(OCCCCCCCCOC(=O)C(C)CC)cc1. The number of carbonyl (C=O) groups excluding carboxylic acids is 1. The number of unbranched alkanes of at least 4 members (excludes halogenated alkanes) is 7. The summed E-state index contributed by atoms with van der Waals surface area (Å²) in [6.07, 6.45) is 12.7. The summed E-state index contributed by atoms with van der Waals surface area (Å²) >= 11 is 0. The van der Waals surface area contributed by atoms with Crippen LogP contribution in [0.4, 0.5) is 0 Å². The first-order valence-electron chi connectivity index (χ1n) is 11.1. The van der Waals surface area contributed by atoms with E-state index >= 15 is 0 Å². The Labute approximate surface area is 166 Å². The maximum atomic E-state index is 11.5. The van der Waals surface area contributed by atoms with E-state index < -0.39 is 0 Å². The average molecular weight is 377 g/mol. The summed E-state index contributed by atoms with van der Waals surface area (Å²) in [5.74, 6) is 0.961. The molecule has 0 saturated carbocycles. The van der Waals surface area contributed by atoms with Crippen molar-refractivity contribution < 1.29 is 14.3 Å². The summed E-state index contributed by atoms with van der Waals surface area (Å²) in [6, 6.07) is 8.59. The van der Waals surface area contributed by atoms with Gasteiger partial charge in [-0.3, -0.25) is 4.79 Å². The second-order valence-corrected chi connectivity index (χ2v) is 7.55. The molecule has 3 nitrogen and oxygen atoms in total. The van der Waals surface area contributed by atoms with E-state index in [1.807, 2.05) is 13.8 Å². The molecule has 0 aliphatic heterocycles. The highest BCUT2D eigenvalue weighted by Gasteiger charge is 2.10. The van der Waals surface area contributed by atoms with Crippen molar-refractivity contribution in [3.8, 4) is 5.75 Å². The van der Waals surface area contributed by atoms with Crippen LogP contribution in [0.25, 0.3) is 0 Å². The fourth-order valence-corrected chi connectivity index (χ4v) is 2.91. The van der Waals surface area contributed by atoms with Gasteiger partial charge in [-0.15, -0.1) is 0 Å². The molecule has 0 radical (unpaired) electrons. The van der Waals surface area contributed by atoms with Crippen molar-refractivity contribution in [2.75, 3.05) is 13.2 Å². The fraction of sp³-hybridized carbons (Fsp3) is 0.708. The van der Waals surface area contributed by atoms with Gasteiger partial charge >= 0.3 is 5.97 Å². The van der Waals surface area contributed by atoms with Gasteiger partial charge in [0, 0.05) is 0 Å². The lowest BCUT2D eigenvalue weighted by molar-refractivity contribution is -0.148. The van der Waals surface area contributed by atoms with E-state index in [1.54, 1.807) is 0 Å². The Hall–Kier alpha value is -1.51. The summed E-state index contributed by atoms with van der Waals surface area (Å²) in [5, 5.41) is 0. The summed E-state index contributed by atoms with van der Waals surface area (Å²) in [4.78, 5) is 11.5. The Morgan fingerprint density at radius 3 is 2.11 bits per heavy atom. The Morgan fingerprint density at radius 1 is 0.852 bits per heavy atom. The zero-order valence-electron chi connectivity index (χ0n) is 17.8. The van der Waals surface area contributed by atoms with Gasteiger partial charge in [-0.25, -0.2) is 0 Å². The van der Waals surface area contributed by atoms with E-state index in [1.165, 1.54) is 50.5 Å². The van der Waals surface area contributed by atoms with Crippen LogP contribution in [0.15, 0.2) is 24.3 Å². The highest BCUT2D eigenvalue weighted by Crippen LogP contribution is 2.15. The van der Waals surface area contributed by atoms with Crippen LogP contribution >= 0.6 is 0 Å². The van der Waals surface area contributed by atoms with Gasteiger partial charge in [0.15, 0.2) is 0 Å². The maximum Gasteiger partial charge on any atom is 0.308 e. The lowest BCUT2D eigenvalue weighted by atomic mass is 10.1. The van der Waals surface area contributed by atoms with E-state index in [2.05, 4.69) is 31.2 Å². The number of ether oxygens (including phenoxy) is 2. The molecule has 0 aliphatic rings. The third kappa shape index (κ3) is 11.7. The van der Waals surface area contributed by atoms with E-state index in [0.717, 1.165) is 38.0 Å². The van der Waals surface area contributed by atoms with Gasteiger partial charge in [-0.05, 0) is 49.8 Å². The van der Waals surface area contributed by atoms with Gasteiger partial charge in [0.05, 0.1) is 19.1 Å². The Morgan fingerprint density at radius 2 is 1.48 bits per heavy atom. The molecule has 0 fully saturated rings. The molecule has 1 unspecified atom stereocenters. The predicted molar refractivity (Wildman–Crippen MR) is 113 cm³/mol. The average Bonchev–Trinajstić information content (AvgIpc) is 2.69. The highest BCUT2D eigenvalue weighted by molar-refractivity contribution is 5.71. The zero-order chi connectivity index (χ0) is 19.7. The van der Waals surface area contributed by atoms with Gasteiger partial charge in [0.25, 0.3) is 0 Å². The Kier molecular flexibility index (Phi) is 13.5. The summed E-state index contributed by atoms with van der Waals surface area (Å²) < 4.78 is 11.1. The molecule has 0 aromatic heterocycles. The van der Waals surface area contributed by atoms with Crippen LogP contribution in [-0.2, 0) is 16.0 Å². The largest absolute Gasteiger partial charge is 0.494 e. The predicted octanol–water partition coefficient (Wildman–Crippen LogP) is 6.73. The molecule has 1 rings (SSSR count). The minimum Gasteiger partial charge on any atom is -0.494 e. The van der Waals surface area contributed by atoms with E-state index in [4.69, 9.17) is 9.47 Å². The first kappa shape index (κ1) is 23.5. The molecule has 1 atom stereocenters. The minimum atomic E-state index is -0.0522. The second-order valence-electron chi connectivity index (χ2n) is 7.55. The van der Waals surface area contributed by atoms with Crippen molar-refractivity contribution in [3.63, 3.8) is 0 Å². The Balaban J connectivity index is 1.94. The third-order valence-electron chi connectivity index (χ3n) is 5.06. The molecule has 1 aromatic carbocycles. The molecule has 154 valence electrons. The number of hydrogen-bond donors (Lipinski definition) is 0. The lowest BCUT2D eigenvalue weighted by Crippen LogP contribution is -2.14. The molecule has 0 amide bonds. The molecule has 0 spiro atoms. The van der Waals surface area contributed by atoms with Gasteiger partial charge in [-0.1, -0.05) is 71.4 Å². The van der Waals surface area contributed by atoms with Crippen molar-refractivity contribution >= 4 is 5.97 Å². The van der Waals surface area contributed by atoms with Crippen LogP contribution in [0.1, 0.15) is 90.5 Å². The van der Waals surface area contributed by atoms with Crippen LogP contribution in [0.3, 0.4) is 0 Å². The number of rotatable bonds is 16. The van der Waals surface area contributed by atoms with Gasteiger partial charge in [0.1, 0.15) is 5.75 Å². The monoisotopic (exact) mass is 376 g/mol. The first-order valence-corrected chi connectivity index (χ1v) is 11.1. The standard InChI is InChI=1S/C24H40O3/c1-4-6-11-14-22-15-17-23(18-16-22)26-19-12-9-7-8-10-13-20-27-24(25)21(3)5-2/h15-18,21H,4-14,19-20H2,1-3H3. The topological polar surface area (TPSA) is 35.5 Å². The summed E-state index contributed by atoms with van der Waals surface area (Å²) in [5.41, 5.74) is 1.41. The summed E-state index contributed by atoms with van der Waals surface area (Å²) in [7, 11) is 0. The van der Waals surface area contributed by atoms with Gasteiger partial charge < -0.3 is 9.47 Å². The smallest absolute Gasteiger partial charge is 0.308 e. The molecule has 0 N–H and O–H groups in total. The second kappa shape index (κ2) is 15.5. The fourth-order valence-electron chi connectivity index (χ4n) is 2.91. The number of benzene rings is 1. The Bertz CT molecular complexity index is 481. The van der Waals surface area contributed by atoms with Crippen LogP contribution in [0, 0.1) is 5.92 Å². The minimum absolute atomic E-state index is 0.0299. The van der Waals surface area contributed by atoms with Gasteiger partial charge in [0.2, 0.25) is 0 Å². The van der Waals surface area contributed by atoms with Crippen LogP contribution < -0.4 is 4.74 Å².